The molecule has 0 atom stereocenters. The second kappa shape index (κ2) is 6.43. The van der Waals surface area contributed by atoms with Crippen LogP contribution in [0.4, 0.5) is 11.4 Å². The minimum Gasteiger partial charge on any atom is -0.486 e. The van der Waals surface area contributed by atoms with Crippen LogP contribution in [0.5, 0.6) is 11.5 Å². The number of nitrogens with one attached hydrogen (secondary N) is 1. The first-order valence-electron chi connectivity index (χ1n) is 8.33. The van der Waals surface area contributed by atoms with Gasteiger partial charge in [-0.15, -0.1) is 0 Å². The van der Waals surface area contributed by atoms with Crippen LogP contribution in [-0.2, 0) is 11.2 Å². The van der Waals surface area contributed by atoms with Gasteiger partial charge in [-0.25, -0.2) is 0 Å². The Bertz CT molecular complexity index is 760. The van der Waals surface area contributed by atoms with E-state index in [0.29, 0.717) is 26.2 Å². The molecule has 0 aromatic heterocycles. The molecule has 124 valence electrons. The van der Waals surface area contributed by atoms with Gasteiger partial charge in [0.2, 0.25) is 5.91 Å². The van der Waals surface area contributed by atoms with Crippen LogP contribution >= 0.6 is 0 Å². The minimum atomic E-state index is 0.157. The number of nitrogens with zero attached hydrogens (tertiary/aromatic N) is 1. The molecule has 0 saturated carbocycles. The molecule has 1 N–H and O–H groups in total. The number of para-hydroxylation sites is 1. The van der Waals surface area contributed by atoms with Crippen LogP contribution in [0.15, 0.2) is 42.5 Å². The predicted molar refractivity (Wildman–Crippen MR) is 93.0 cm³/mol. The van der Waals surface area contributed by atoms with Crippen molar-refractivity contribution in [3.05, 3.63) is 48.0 Å². The summed E-state index contributed by atoms with van der Waals surface area (Å²) in [6.07, 6.45) is 1.40. The Morgan fingerprint density at radius 2 is 1.92 bits per heavy atom. The van der Waals surface area contributed by atoms with E-state index in [1.165, 1.54) is 5.56 Å². The van der Waals surface area contributed by atoms with Crippen molar-refractivity contribution in [1.29, 1.82) is 0 Å². The zero-order valence-corrected chi connectivity index (χ0v) is 13.5. The lowest BCUT2D eigenvalue weighted by atomic mass is 10.2. The van der Waals surface area contributed by atoms with E-state index in [-0.39, 0.29) is 5.91 Å². The topological polar surface area (TPSA) is 50.8 Å². The van der Waals surface area contributed by atoms with E-state index in [0.717, 1.165) is 35.8 Å². The largest absolute Gasteiger partial charge is 0.486 e. The van der Waals surface area contributed by atoms with Crippen LogP contribution in [0.25, 0.3) is 0 Å². The summed E-state index contributed by atoms with van der Waals surface area (Å²) in [5.74, 6) is 1.69. The highest BCUT2D eigenvalue weighted by Crippen LogP contribution is 2.32. The predicted octanol–water partition coefficient (Wildman–Crippen LogP) is 2.85. The number of amides is 1. The van der Waals surface area contributed by atoms with Crippen molar-refractivity contribution in [2.24, 2.45) is 0 Å². The zero-order valence-electron chi connectivity index (χ0n) is 13.5. The maximum Gasteiger partial charge on any atom is 0.228 e. The summed E-state index contributed by atoms with van der Waals surface area (Å²) >= 11 is 0. The van der Waals surface area contributed by atoms with Gasteiger partial charge in [0.15, 0.2) is 11.5 Å². The van der Waals surface area contributed by atoms with E-state index >= 15 is 0 Å². The van der Waals surface area contributed by atoms with Gasteiger partial charge in [-0.2, -0.15) is 0 Å². The smallest absolute Gasteiger partial charge is 0.228 e. The van der Waals surface area contributed by atoms with Crippen molar-refractivity contribution in [2.45, 2.75) is 12.8 Å². The van der Waals surface area contributed by atoms with Gasteiger partial charge in [0.1, 0.15) is 13.2 Å². The van der Waals surface area contributed by atoms with Crippen molar-refractivity contribution < 1.29 is 14.3 Å². The summed E-state index contributed by atoms with van der Waals surface area (Å²) in [6, 6.07) is 13.9. The molecule has 2 aromatic rings. The van der Waals surface area contributed by atoms with Gasteiger partial charge in [0.05, 0.1) is 0 Å². The molecule has 5 nitrogen and oxygen atoms in total. The third-order valence-electron chi connectivity index (χ3n) is 4.40. The zero-order chi connectivity index (χ0) is 16.4. The molecule has 0 unspecified atom stereocenters. The van der Waals surface area contributed by atoms with Crippen molar-refractivity contribution in [2.75, 3.05) is 36.5 Å². The normalized spacial score (nSPS) is 15.1. The second-order valence-corrected chi connectivity index (χ2v) is 5.96. The van der Waals surface area contributed by atoms with Crippen molar-refractivity contribution in [3.63, 3.8) is 0 Å². The summed E-state index contributed by atoms with van der Waals surface area (Å²) in [4.78, 5) is 14.4. The average molecular weight is 324 g/mol. The fraction of sp³-hybridized carbons (Fsp3) is 0.316. The Hall–Kier alpha value is -2.69. The molecule has 0 spiro atoms. The fourth-order valence-corrected chi connectivity index (χ4v) is 3.20. The number of ether oxygens (including phenoxy) is 2. The monoisotopic (exact) mass is 324 g/mol. The third kappa shape index (κ3) is 2.89. The molecular formula is C19H20N2O3. The summed E-state index contributed by atoms with van der Waals surface area (Å²) in [5.41, 5.74) is 3.25. The van der Waals surface area contributed by atoms with Gasteiger partial charge >= 0.3 is 0 Å². The molecule has 2 heterocycles. The molecule has 2 aromatic carbocycles. The SMILES string of the molecule is O=C(CCNc1ccc2c(c1)OCCO2)N1CCc2ccccc21. The maximum absolute atomic E-state index is 12.5. The molecule has 0 saturated heterocycles. The molecule has 0 fully saturated rings. The standard InChI is InChI=1S/C19H20N2O3/c22-19(21-10-8-14-3-1-2-4-16(14)21)7-9-20-15-5-6-17-18(13-15)24-12-11-23-17/h1-6,13,20H,7-12H2. The molecule has 2 aliphatic heterocycles. The lowest BCUT2D eigenvalue weighted by Gasteiger charge is -2.20. The first kappa shape index (κ1) is 14.9. The highest BCUT2D eigenvalue weighted by molar-refractivity contribution is 5.95. The molecule has 4 rings (SSSR count). The minimum absolute atomic E-state index is 0.157. The maximum atomic E-state index is 12.5. The van der Waals surface area contributed by atoms with Crippen molar-refractivity contribution in [1.82, 2.24) is 0 Å². The van der Waals surface area contributed by atoms with Crippen LogP contribution in [0.1, 0.15) is 12.0 Å². The highest BCUT2D eigenvalue weighted by Gasteiger charge is 2.23. The van der Waals surface area contributed by atoms with Crippen LogP contribution in [0.3, 0.4) is 0 Å². The molecule has 0 radical (unpaired) electrons. The van der Waals surface area contributed by atoms with Gasteiger partial charge in [0.25, 0.3) is 0 Å². The number of hydrogen-bond acceptors (Lipinski definition) is 4. The number of carbonyl (C=O) groups is 1. The Balaban J connectivity index is 1.34. The second-order valence-electron chi connectivity index (χ2n) is 5.96. The Labute approximate surface area is 141 Å². The van der Waals surface area contributed by atoms with Crippen LogP contribution in [0, 0.1) is 0 Å². The van der Waals surface area contributed by atoms with Gasteiger partial charge in [-0.1, -0.05) is 18.2 Å². The van der Waals surface area contributed by atoms with E-state index in [4.69, 9.17) is 9.47 Å². The van der Waals surface area contributed by atoms with Crippen molar-refractivity contribution >= 4 is 17.3 Å². The number of fused-ring (bicyclic) bond motifs is 2. The molecule has 0 aliphatic carbocycles. The number of benzene rings is 2. The lowest BCUT2D eigenvalue weighted by molar-refractivity contribution is -0.118. The summed E-state index contributed by atoms with van der Waals surface area (Å²) in [7, 11) is 0. The first-order chi connectivity index (χ1) is 11.8. The quantitative estimate of drug-likeness (QED) is 0.939. The van der Waals surface area contributed by atoms with Crippen molar-refractivity contribution in [3.8, 4) is 11.5 Å². The first-order valence-corrected chi connectivity index (χ1v) is 8.33. The molecule has 1 amide bonds. The summed E-state index contributed by atoms with van der Waals surface area (Å²) in [6.45, 7) is 2.54. The Morgan fingerprint density at radius 1 is 1.08 bits per heavy atom. The Morgan fingerprint density at radius 3 is 2.83 bits per heavy atom. The van der Waals surface area contributed by atoms with Crippen LogP contribution in [0.2, 0.25) is 0 Å². The summed E-state index contributed by atoms with van der Waals surface area (Å²) < 4.78 is 11.1. The van der Waals surface area contributed by atoms with E-state index in [9.17, 15) is 4.79 Å². The van der Waals surface area contributed by atoms with Gasteiger partial charge in [-0.05, 0) is 30.2 Å². The fourth-order valence-electron chi connectivity index (χ4n) is 3.20. The van der Waals surface area contributed by atoms with Gasteiger partial charge < -0.3 is 19.7 Å². The van der Waals surface area contributed by atoms with Crippen LogP contribution < -0.4 is 19.7 Å². The van der Waals surface area contributed by atoms with Gasteiger partial charge in [0, 0.05) is 37.0 Å². The number of carbonyl (C=O) groups excluding carboxylic acids is 1. The molecule has 5 heteroatoms. The molecule has 0 bridgehead atoms. The van der Waals surface area contributed by atoms with Crippen LogP contribution in [-0.4, -0.2) is 32.2 Å². The van der Waals surface area contributed by atoms with E-state index < -0.39 is 0 Å². The summed E-state index contributed by atoms with van der Waals surface area (Å²) in [5, 5.41) is 3.29. The Kier molecular flexibility index (Phi) is 3.99. The average Bonchev–Trinajstić information content (AvgIpc) is 3.06. The third-order valence-corrected chi connectivity index (χ3v) is 4.40. The highest BCUT2D eigenvalue weighted by atomic mass is 16.6. The molecule has 2 aliphatic rings. The van der Waals surface area contributed by atoms with E-state index in [2.05, 4.69) is 11.4 Å². The number of anilines is 2. The van der Waals surface area contributed by atoms with Gasteiger partial charge in [-0.3, -0.25) is 4.79 Å². The molecule has 24 heavy (non-hydrogen) atoms. The lowest BCUT2D eigenvalue weighted by Crippen LogP contribution is -2.30. The van der Waals surface area contributed by atoms with E-state index in [1.54, 1.807) is 0 Å². The van der Waals surface area contributed by atoms with E-state index in [1.807, 2.05) is 41.3 Å². The number of rotatable bonds is 4. The number of hydrogen-bond donors (Lipinski definition) is 1. The molecular weight excluding hydrogens is 304 g/mol.